The summed E-state index contributed by atoms with van der Waals surface area (Å²) in [5, 5.41) is 12.6. The maximum atomic E-state index is 13.6. The van der Waals surface area contributed by atoms with Gasteiger partial charge in [0, 0.05) is 11.9 Å². The molecule has 0 amide bonds. The molecule has 7 heteroatoms. The number of halogens is 5. The molecule has 0 fully saturated rings. The van der Waals surface area contributed by atoms with Gasteiger partial charge in [0.1, 0.15) is 0 Å². The van der Waals surface area contributed by atoms with Crippen molar-refractivity contribution in [3.05, 3.63) is 57.6 Å². The van der Waals surface area contributed by atoms with Crippen molar-refractivity contribution in [2.45, 2.75) is 58.2 Å². The summed E-state index contributed by atoms with van der Waals surface area (Å²) in [6.45, 7) is 6.97. The fourth-order valence-corrected chi connectivity index (χ4v) is 5.02. The highest BCUT2D eigenvalue weighted by Crippen LogP contribution is 2.46. The van der Waals surface area contributed by atoms with Crippen LogP contribution in [0.25, 0.3) is 21.5 Å². The Bertz CT molecular complexity index is 1090. The Balaban J connectivity index is 2.04. The van der Waals surface area contributed by atoms with E-state index in [0.29, 0.717) is 17.4 Å². The van der Waals surface area contributed by atoms with Gasteiger partial charge in [0.2, 0.25) is 0 Å². The summed E-state index contributed by atoms with van der Waals surface area (Å²) in [4.78, 5) is 2.36. The van der Waals surface area contributed by atoms with E-state index in [2.05, 4.69) is 18.7 Å². The Labute approximate surface area is 203 Å². The standard InChI is InChI=1S/C26H30Cl2F3NO/c1-3-5-12-32(13-6-4-2)14-11-23(33)20-15-21-19(17-9-7-8-10-18(17)20)16-22(27)24(25(21)28)26(29,30)31/h7-10,15-16,23,33H,3-6,11-14H2,1-2H3. The summed E-state index contributed by atoms with van der Waals surface area (Å²) in [7, 11) is 0. The first kappa shape index (κ1) is 26.1. The van der Waals surface area contributed by atoms with Gasteiger partial charge in [0.15, 0.2) is 0 Å². The Morgan fingerprint density at radius 2 is 1.48 bits per heavy atom. The molecule has 3 rings (SSSR count). The number of nitrogens with zero attached hydrogens (tertiary/aromatic N) is 1. The molecule has 1 N–H and O–H groups in total. The number of hydrogen-bond donors (Lipinski definition) is 1. The Morgan fingerprint density at radius 3 is 2.06 bits per heavy atom. The van der Waals surface area contributed by atoms with E-state index < -0.39 is 27.9 Å². The highest BCUT2D eigenvalue weighted by Gasteiger charge is 2.37. The van der Waals surface area contributed by atoms with Gasteiger partial charge in [-0.2, -0.15) is 13.2 Å². The molecule has 1 unspecified atom stereocenters. The molecule has 0 aliphatic rings. The summed E-state index contributed by atoms with van der Waals surface area (Å²) < 4.78 is 40.8. The number of benzene rings is 3. The Hall–Kier alpha value is -1.53. The first-order valence-electron chi connectivity index (χ1n) is 11.5. The molecule has 3 aromatic carbocycles. The SMILES string of the molecule is CCCCN(CCCC)CCC(O)c1cc2c(Cl)c(C(F)(F)F)c(Cl)cc2c2ccccc12. The number of hydrogen-bond acceptors (Lipinski definition) is 2. The fraction of sp³-hybridized carbons (Fsp3) is 0.462. The number of unbranched alkanes of at least 4 members (excludes halogenated alkanes) is 2. The first-order valence-corrected chi connectivity index (χ1v) is 12.3. The summed E-state index contributed by atoms with van der Waals surface area (Å²) >= 11 is 12.3. The molecule has 0 saturated carbocycles. The topological polar surface area (TPSA) is 23.5 Å². The molecule has 180 valence electrons. The van der Waals surface area contributed by atoms with E-state index >= 15 is 0 Å². The Morgan fingerprint density at radius 1 is 0.879 bits per heavy atom. The van der Waals surface area contributed by atoms with Crippen molar-refractivity contribution in [2.75, 3.05) is 19.6 Å². The van der Waals surface area contributed by atoms with Gasteiger partial charge in [0.05, 0.1) is 21.7 Å². The number of alkyl halides is 3. The van der Waals surface area contributed by atoms with E-state index in [0.717, 1.165) is 56.1 Å². The largest absolute Gasteiger partial charge is 0.419 e. The predicted molar refractivity (Wildman–Crippen MR) is 132 cm³/mol. The van der Waals surface area contributed by atoms with Crippen LogP contribution in [-0.2, 0) is 6.18 Å². The minimum absolute atomic E-state index is 0.245. The second-order valence-corrected chi connectivity index (χ2v) is 9.29. The molecular formula is C26H30Cl2F3NO. The van der Waals surface area contributed by atoms with Crippen LogP contribution in [0.3, 0.4) is 0 Å². The minimum Gasteiger partial charge on any atom is -0.388 e. The van der Waals surface area contributed by atoms with Gasteiger partial charge < -0.3 is 10.0 Å². The molecule has 0 saturated heterocycles. The molecule has 0 radical (unpaired) electrons. The smallest absolute Gasteiger partial charge is 0.388 e. The van der Waals surface area contributed by atoms with Crippen LogP contribution in [-0.4, -0.2) is 29.6 Å². The molecule has 1 atom stereocenters. The third-order valence-electron chi connectivity index (χ3n) is 6.10. The van der Waals surface area contributed by atoms with Gasteiger partial charge in [-0.15, -0.1) is 0 Å². The molecule has 33 heavy (non-hydrogen) atoms. The van der Waals surface area contributed by atoms with E-state index in [9.17, 15) is 18.3 Å². The second kappa shape index (κ2) is 11.3. The van der Waals surface area contributed by atoms with E-state index in [4.69, 9.17) is 23.2 Å². The lowest BCUT2D eigenvalue weighted by atomic mass is 9.92. The van der Waals surface area contributed by atoms with Crippen LogP contribution in [0.1, 0.15) is 63.2 Å². The van der Waals surface area contributed by atoms with Crippen LogP contribution in [0.5, 0.6) is 0 Å². The summed E-state index contributed by atoms with van der Waals surface area (Å²) in [5.41, 5.74) is -0.458. The van der Waals surface area contributed by atoms with Gasteiger partial charge in [-0.1, -0.05) is 74.2 Å². The van der Waals surface area contributed by atoms with Gasteiger partial charge in [0.25, 0.3) is 0 Å². The number of rotatable bonds is 10. The molecule has 0 heterocycles. The van der Waals surface area contributed by atoms with Crippen molar-refractivity contribution in [1.82, 2.24) is 4.90 Å². The normalized spacial score (nSPS) is 13.4. The van der Waals surface area contributed by atoms with Crippen molar-refractivity contribution >= 4 is 44.7 Å². The lowest BCUT2D eigenvalue weighted by Crippen LogP contribution is -2.28. The van der Waals surface area contributed by atoms with E-state index in [-0.39, 0.29) is 5.39 Å². The quantitative estimate of drug-likeness (QED) is 0.282. The molecule has 0 aliphatic carbocycles. The fourth-order valence-electron chi connectivity index (χ4n) is 4.30. The highest BCUT2D eigenvalue weighted by molar-refractivity contribution is 6.41. The number of aliphatic hydroxyl groups excluding tert-OH is 1. The van der Waals surface area contributed by atoms with Crippen molar-refractivity contribution < 1.29 is 18.3 Å². The van der Waals surface area contributed by atoms with Gasteiger partial charge in [-0.25, -0.2) is 0 Å². The lowest BCUT2D eigenvalue weighted by molar-refractivity contribution is -0.137. The Kier molecular flexibility index (Phi) is 8.90. The van der Waals surface area contributed by atoms with Crippen molar-refractivity contribution in [1.29, 1.82) is 0 Å². The van der Waals surface area contributed by atoms with Crippen molar-refractivity contribution in [3.63, 3.8) is 0 Å². The zero-order valence-corrected chi connectivity index (χ0v) is 20.5. The second-order valence-electron chi connectivity index (χ2n) is 8.50. The maximum Gasteiger partial charge on any atom is 0.419 e. The lowest BCUT2D eigenvalue weighted by Gasteiger charge is -2.24. The minimum atomic E-state index is -4.67. The van der Waals surface area contributed by atoms with Crippen LogP contribution < -0.4 is 0 Å². The third kappa shape index (κ3) is 5.94. The number of fused-ring (bicyclic) bond motifs is 3. The molecule has 2 nitrogen and oxygen atoms in total. The van der Waals surface area contributed by atoms with Crippen LogP contribution in [0, 0.1) is 0 Å². The zero-order valence-electron chi connectivity index (χ0n) is 19.0. The molecule has 0 spiro atoms. The first-order chi connectivity index (χ1) is 15.7. The molecule has 3 aromatic rings. The van der Waals surface area contributed by atoms with Crippen LogP contribution in [0.2, 0.25) is 10.0 Å². The highest BCUT2D eigenvalue weighted by atomic mass is 35.5. The average Bonchev–Trinajstić information content (AvgIpc) is 2.77. The van der Waals surface area contributed by atoms with Gasteiger partial charge >= 0.3 is 6.18 Å². The number of aliphatic hydroxyl groups is 1. The molecule has 0 aromatic heterocycles. The van der Waals surface area contributed by atoms with Crippen molar-refractivity contribution in [3.8, 4) is 0 Å². The van der Waals surface area contributed by atoms with E-state index in [1.165, 1.54) is 6.07 Å². The molecule has 0 bridgehead atoms. The monoisotopic (exact) mass is 499 g/mol. The zero-order chi connectivity index (χ0) is 24.2. The summed E-state index contributed by atoms with van der Waals surface area (Å²) in [6, 6.07) is 10.3. The average molecular weight is 500 g/mol. The van der Waals surface area contributed by atoms with Crippen LogP contribution in [0.15, 0.2) is 36.4 Å². The molecular weight excluding hydrogens is 470 g/mol. The summed E-state index contributed by atoms with van der Waals surface area (Å²) in [5.74, 6) is 0. The summed E-state index contributed by atoms with van der Waals surface area (Å²) in [6.07, 6.45) is -0.630. The van der Waals surface area contributed by atoms with Crippen LogP contribution >= 0.6 is 23.2 Å². The predicted octanol–water partition coefficient (Wildman–Crippen LogP) is 8.64. The van der Waals surface area contributed by atoms with E-state index in [1.54, 1.807) is 6.07 Å². The molecule has 0 aliphatic heterocycles. The third-order valence-corrected chi connectivity index (χ3v) is 6.79. The van der Waals surface area contributed by atoms with Crippen molar-refractivity contribution in [2.24, 2.45) is 0 Å². The van der Waals surface area contributed by atoms with Crippen LogP contribution in [0.4, 0.5) is 13.2 Å². The van der Waals surface area contributed by atoms with Gasteiger partial charge in [-0.3, -0.25) is 0 Å². The van der Waals surface area contributed by atoms with Gasteiger partial charge in [-0.05, 0) is 66.2 Å². The maximum absolute atomic E-state index is 13.6. The van der Waals surface area contributed by atoms with E-state index in [1.807, 2.05) is 24.3 Å².